The van der Waals surface area contributed by atoms with Crippen molar-refractivity contribution in [1.82, 2.24) is 24.8 Å². The molecular formula is C21H26N6O4. The van der Waals surface area contributed by atoms with Gasteiger partial charge in [0.1, 0.15) is 18.0 Å². The molecule has 0 bridgehead atoms. The maximum Gasteiger partial charge on any atom is 0.252 e. The first-order valence-electron chi connectivity index (χ1n) is 10.3. The van der Waals surface area contributed by atoms with E-state index in [1.54, 1.807) is 6.92 Å². The van der Waals surface area contributed by atoms with Crippen LogP contribution in [-0.4, -0.2) is 60.5 Å². The summed E-state index contributed by atoms with van der Waals surface area (Å²) in [5.74, 6) is 0.686. The van der Waals surface area contributed by atoms with E-state index < -0.39 is 30.4 Å². The lowest BCUT2D eigenvalue weighted by molar-refractivity contribution is -0.137. The van der Waals surface area contributed by atoms with Gasteiger partial charge in [-0.2, -0.15) is 0 Å². The van der Waals surface area contributed by atoms with E-state index in [0.29, 0.717) is 42.3 Å². The Balaban J connectivity index is 1.66. The summed E-state index contributed by atoms with van der Waals surface area (Å²) < 4.78 is 7.26. The molecule has 1 amide bonds. The molecule has 2 aromatic heterocycles. The number of nitrogens with zero attached hydrogens (tertiary/aromatic N) is 4. The molecule has 1 aliphatic rings. The largest absolute Gasteiger partial charge is 0.387 e. The van der Waals surface area contributed by atoms with Crippen molar-refractivity contribution in [1.29, 1.82) is 0 Å². The molecule has 10 nitrogen and oxygen atoms in total. The summed E-state index contributed by atoms with van der Waals surface area (Å²) in [5.41, 5.74) is 2.06. The normalized spacial score (nSPS) is 23.2. The maximum atomic E-state index is 12.2. The molecule has 3 aromatic rings. The lowest BCUT2D eigenvalue weighted by Gasteiger charge is -2.17. The van der Waals surface area contributed by atoms with Gasteiger partial charge in [-0.15, -0.1) is 0 Å². The van der Waals surface area contributed by atoms with Crippen LogP contribution in [0.4, 0.5) is 5.82 Å². The Labute approximate surface area is 179 Å². The van der Waals surface area contributed by atoms with E-state index in [2.05, 4.69) is 25.6 Å². The van der Waals surface area contributed by atoms with Gasteiger partial charge in [0.25, 0.3) is 5.91 Å². The molecule has 4 N–H and O–H groups in total. The van der Waals surface area contributed by atoms with Crippen LogP contribution in [0.2, 0.25) is 0 Å². The van der Waals surface area contributed by atoms with Gasteiger partial charge in [0.05, 0.1) is 6.33 Å². The van der Waals surface area contributed by atoms with E-state index in [0.717, 1.165) is 5.56 Å². The zero-order chi connectivity index (χ0) is 22.0. The Morgan fingerprint density at radius 3 is 2.65 bits per heavy atom. The van der Waals surface area contributed by atoms with Crippen molar-refractivity contribution in [3.05, 3.63) is 48.0 Å². The van der Waals surface area contributed by atoms with Crippen LogP contribution in [0, 0.1) is 0 Å². The number of hydrogen-bond acceptors (Lipinski definition) is 8. The second-order valence-electron chi connectivity index (χ2n) is 7.33. The fraction of sp³-hybridized carbons (Fsp3) is 0.429. The van der Waals surface area contributed by atoms with Gasteiger partial charge in [0.2, 0.25) is 0 Å². The van der Waals surface area contributed by atoms with Crippen LogP contribution in [0.5, 0.6) is 0 Å². The third kappa shape index (κ3) is 4.09. The monoisotopic (exact) mass is 426 g/mol. The summed E-state index contributed by atoms with van der Waals surface area (Å²) in [7, 11) is 0. The quantitative estimate of drug-likeness (QED) is 0.435. The fourth-order valence-electron chi connectivity index (χ4n) is 3.59. The first-order chi connectivity index (χ1) is 15.0. The zero-order valence-corrected chi connectivity index (χ0v) is 17.4. The minimum absolute atomic E-state index is 0.393. The number of aromatic nitrogens is 4. The summed E-state index contributed by atoms with van der Waals surface area (Å²) in [6.45, 7) is 4.66. The van der Waals surface area contributed by atoms with Gasteiger partial charge in [-0.05, 0) is 12.5 Å². The number of nitrogens with one attached hydrogen (secondary N) is 2. The Hall–Kier alpha value is -3.08. The molecule has 3 unspecified atom stereocenters. The number of carbonyl (C=O) groups excluding carboxylic acids is 1. The van der Waals surface area contributed by atoms with Gasteiger partial charge in [0.15, 0.2) is 29.3 Å². The maximum absolute atomic E-state index is 12.2. The van der Waals surface area contributed by atoms with E-state index in [1.165, 1.54) is 10.9 Å². The van der Waals surface area contributed by atoms with Gasteiger partial charge in [-0.25, -0.2) is 15.0 Å². The Kier molecular flexibility index (Phi) is 6.12. The topological polar surface area (TPSA) is 134 Å². The highest BCUT2D eigenvalue weighted by atomic mass is 16.6. The van der Waals surface area contributed by atoms with E-state index in [-0.39, 0.29) is 0 Å². The highest BCUT2D eigenvalue weighted by molar-refractivity contribution is 5.84. The fourth-order valence-corrected chi connectivity index (χ4v) is 3.59. The average Bonchev–Trinajstić information content (AvgIpc) is 3.34. The molecule has 1 aromatic carbocycles. The van der Waals surface area contributed by atoms with Crippen LogP contribution in [0.3, 0.4) is 0 Å². The van der Waals surface area contributed by atoms with Crippen LogP contribution < -0.4 is 10.6 Å². The van der Waals surface area contributed by atoms with E-state index in [9.17, 15) is 15.0 Å². The molecule has 1 saturated heterocycles. The highest BCUT2D eigenvalue weighted by Gasteiger charge is 2.47. The van der Waals surface area contributed by atoms with Crippen LogP contribution in [0.15, 0.2) is 36.7 Å². The first-order valence-corrected chi connectivity index (χ1v) is 10.3. The Bertz CT molecular complexity index is 1060. The molecule has 3 heterocycles. The summed E-state index contributed by atoms with van der Waals surface area (Å²) in [6, 6.07) is 9.91. The van der Waals surface area contributed by atoms with Crippen LogP contribution >= 0.6 is 0 Å². The zero-order valence-electron chi connectivity index (χ0n) is 17.4. The van der Waals surface area contributed by atoms with Gasteiger partial charge in [0, 0.05) is 19.5 Å². The number of amides is 1. The lowest BCUT2D eigenvalue weighted by atomic mass is 10.1. The summed E-state index contributed by atoms with van der Waals surface area (Å²) in [5, 5.41) is 26.8. The number of rotatable bonds is 7. The van der Waals surface area contributed by atoms with E-state index >= 15 is 0 Å². The lowest BCUT2D eigenvalue weighted by Crippen LogP contribution is -2.42. The summed E-state index contributed by atoms with van der Waals surface area (Å²) in [4.78, 5) is 25.7. The van der Waals surface area contributed by atoms with Crippen LogP contribution in [-0.2, 0) is 22.5 Å². The third-order valence-corrected chi connectivity index (χ3v) is 5.21. The van der Waals surface area contributed by atoms with Crippen molar-refractivity contribution in [2.24, 2.45) is 0 Å². The predicted molar refractivity (Wildman–Crippen MR) is 113 cm³/mol. The molecule has 1 aliphatic heterocycles. The SMILES string of the molecule is CCNC(=O)[C@@H]1OC(n2cnc3c(NCc4ccccc4)nc(CC)nc32)C(O)C1O. The van der Waals surface area contributed by atoms with E-state index in [1.807, 2.05) is 37.3 Å². The third-order valence-electron chi connectivity index (χ3n) is 5.21. The molecule has 0 saturated carbocycles. The van der Waals surface area contributed by atoms with Crippen molar-refractivity contribution in [3.8, 4) is 0 Å². The highest BCUT2D eigenvalue weighted by Crippen LogP contribution is 2.32. The molecule has 4 rings (SSSR count). The molecule has 0 radical (unpaired) electrons. The Morgan fingerprint density at radius 2 is 1.94 bits per heavy atom. The Morgan fingerprint density at radius 1 is 1.16 bits per heavy atom. The second kappa shape index (κ2) is 8.96. The number of carbonyl (C=O) groups is 1. The number of likely N-dealkylation sites (N-methyl/N-ethyl adjacent to an activating group) is 1. The van der Waals surface area contributed by atoms with Crippen molar-refractivity contribution < 1.29 is 19.7 Å². The average molecular weight is 426 g/mol. The molecule has 1 fully saturated rings. The minimum Gasteiger partial charge on any atom is -0.387 e. The van der Waals surface area contributed by atoms with Gasteiger partial charge in [-0.1, -0.05) is 37.3 Å². The van der Waals surface area contributed by atoms with Gasteiger partial charge >= 0.3 is 0 Å². The van der Waals surface area contributed by atoms with Crippen LogP contribution in [0.25, 0.3) is 11.2 Å². The number of ether oxygens (including phenoxy) is 1. The molecule has 31 heavy (non-hydrogen) atoms. The number of imidazole rings is 1. The number of fused-ring (bicyclic) bond motifs is 1. The first kappa shape index (κ1) is 21.2. The molecule has 10 heteroatoms. The number of aryl methyl sites for hydroxylation is 1. The minimum atomic E-state index is -1.36. The number of anilines is 1. The molecular weight excluding hydrogens is 400 g/mol. The second-order valence-corrected chi connectivity index (χ2v) is 7.33. The van der Waals surface area contributed by atoms with Crippen molar-refractivity contribution in [3.63, 3.8) is 0 Å². The summed E-state index contributed by atoms with van der Waals surface area (Å²) in [6.07, 6.45) is -2.79. The predicted octanol–water partition coefficient (Wildman–Crippen LogP) is 0.756. The van der Waals surface area contributed by atoms with Crippen molar-refractivity contribution >= 4 is 22.9 Å². The smallest absolute Gasteiger partial charge is 0.252 e. The van der Waals surface area contributed by atoms with E-state index in [4.69, 9.17) is 4.74 Å². The molecule has 0 aliphatic carbocycles. The van der Waals surface area contributed by atoms with Gasteiger partial charge in [-0.3, -0.25) is 9.36 Å². The van der Waals surface area contributed by atoms with Crippen molar-refractivity contribution in [2.75, 3.05) is 11.9 Å². The summed E-state index contributed by atoms with van der Waals surface area (Å²) >= 11 is 0. The molecule has 164 valence electrons. The standard InChI is InChI=1S/C21H26N6O4/c1-3-13-25-18(23-10-12-8-6-5-7-9-12)14-19(26-13)27(11-24-14)21-16(29)15(28)17(31-21)20(30)22-4-2/h5-9,11,15-17,21,28-29H,3-4,10H2,1-2H3,(H,22,30)(H,23,25,26)/t15?,16?,17-,21?/m1/s1. The number of aliphatic hydroxyl groups excluding tert-OH is 2. The number of hydrogen-bond donors (Lipinski definition) is 4. The van der Waals surface area contributed by atoms with Crippen molar-refractivity contribution in [2.45, 2.75) is 51.4 Å². The molecule has 0 spiro atoms. The number of aliphatic hydroxyl groups is 2. The molecule has 4 atom stereocenters. The van der Waals surface area contributed by atoms with Gasteiger partial charge < -0.3 is 25.6 Å². The number of benzene rings is 1. The van der Waals surface area contributed by atoms with Crippen LogP contribution in [0.1, 0.15) is 31.5 Å².